The lowest BCUT2D eigenvalue weighted by atomic mass is 9.87. The number of nitrogens with zero attached hydrogens (tertiary/aromatic N) is 6. The Hall–Kier alpha value is -3.07. The highest BCUT2D eigenvalue weighted by atomic mass is 35.5. The first-order valence-electron chi connectivity index (χ1n) is 9.94. The lowest BCUT2D eigenvalue weighted by Crippen LogP contribution is -2.25. The van der Waals surface area contributed by atoms with E-state index in [1.165, 1.54) is 50.0 Å². The highest BCUT2D eigenvalue weighted by Gasteiger charge is 2.19. The standard InChI is InChI=1S/C14H17FN4.C7H3ClFN3/c1-9-2-4-10(5-3-9)19-14-11-6-13(15)16-7-12(11)17-8-18-14;8-7-4-1-6(9)10-2-5(4)11-3-12-7/h6-10H,2-5H2,1H3,(H,17,18,19);1-3H. The normalized spacial score (nSPS) is 18.5. The van der Waals surface area contributed by atoms with Crippen molar-refractivity contribution in [1.29, 1.82) is 0 Å². The number of rotatable bonds is 2. The summed E-state index contributed by atoms with van der Waals surface area (Å²) in [5.41, 5.74) is 1.21. The molecule has 160 valence electrons. The number of halogens is 3. The molecule has 0 atom stereocenters. The third-order valence-corrected chi connectivity index (χ3v) is 5.59. The summed E-state index contributed by atoms with van der Waals surface area (Å²) in [5, 5.41) is 4.84. The molecule has 0 amide bonds. The number of hydrogen-bond donors (Lipinski definition) is 1. The van der Waals surface area contributed by atoms with Crippen LogP contribution >= 0.6 is 11.6 Å². The fourth-order valence-corrected chi connectivity index (χ4v) is 3.74. The number of nitrogens with one attached hydrogen (secondary N) is 1. The van der Waals surface area contributed by atoms with Crippen molar-refractivity contribution in [3.8, 4) is 0 Å². The molecule has 10 heteroatoms. The maximum atomic E-state index is 13.3. The maximum absolute atomic E-state index is 13.3. The minimum atomic E-state index is -0.584. The minimum Gasteiger partial charge on any atom is -0.367 e. The summed E-state index contributed by atoms with van der Waals surface area (Å²) >= 11 is 5.68. The van der Waals surface area contributed by atoms with Gasteiger partial charge in [-0.25, -0.2) is 29.9 Å². The Bertz CT molecular complexity index is 1200. The van der Waals surface area contributed by atoms with Crippen LogP contribution < -0.4 is 5.32 Å². The maximum Gasteiger partial charge on any atom is 0.213 e. The van der Waals surface area contributed by atoms with Crippen LogP contribution in [0.1, 0.15) is 32.6 Å². The van der Waals surface area contributed by atoms with E-state index in [1.807, 2.05) is 0 Å². The average Bonchev–Trinajstić information content (AvgIpc) is 2.77. The third kappa shape index (κ3) is 5.16. The predicted molar refractivity (Wildman–Crippen MR) is 115 cm³/mol. The van der Waals surface area contributed by atoms with Crippen molar-refractivity contribution >= 4 is 39.2 Å². The van der Waals surface area contributed by atoms with Gasteiger partial charge in [0.1, 0.15) is 23.6 Å². The zero-order chi connectivity index (χ0) is 21.8. The van der Waals surface area contributed by atoms with Crippen LogP contribution in [0.3, 0.4) is 0 Å². The molecular formula is C21H20ClF2N7. The molecule has 0 bridgehead atoms. The molecule has 5 rings (SSSR count). The van der Waals surface area contributed by atoms with E-state index >= 15 is 0 Å². The molecule has 31 heavy (non-hydrogen) atoms. The van der Waals surface area contributed by atoms with Crippen molar-refractivity contribution in [3.63, 3.8) is 0 Å². The van der Waals surface area contributed by atoms with Gasteiger partial charge < -0.3 is 5.32 Å². The quantitative estimate of drug-likeness (QED) is 0.345. The fourth-order valence-electron chi connectivity index (χ4n) is 3.55. The van der Waals surface area contributed by atoms with Crippen molar-refractivity contribution in [1.82, 2.24) is 29.9 Å². The Morgan fingerprint density at radius 3 is 2.06 bits per heavy atom. The summed E-state index contributed by atoms with van der Waals surface area (Å²) in [4.78, 5) is 23.0. The van der Waals surface area contributed by atoms with Gasteiger partial charge in [0.2, 0.25) is 11.9 Å². The largest absolute Gasteiger partial charge is 0.367 e. The summed E-state index contributed by atoms with van der Waals surface area (Å²) in [5.74, 6) is 0.439. The lowest BCUT2D eigenvalue weighted by molar-refractivity contribution is 0.361. The second-order valence-corrected chi connectivity index (χ2v) is 7.89. The monoisotopic (exact) mass is 443 g/mol. The molecule has 0 unspecified atom stereocenters. The van der Waals surface area contributed by atoms with Crippen LogP contribution in [0.5, 0.6) is 0 Å². The van der Waals surface area contributed by atoms with Crippen LogP contribution in [-0.2, 0) is 0 Å². The topological polar surface area (TPSA) is 89.4 Å². The zero-order valence-corrected chi connectivity index (χ0v) is 17.5. The van der Waals surface area contributed by atoms with E-state index in [2.05, 4.69) is 42.1 Å². The molecule has 1 N–H and O–H groups in total. The third-order valence-electron chi connectivity index (χ3n) is 5.28. The van der Waals surface area contributed by atoms with E-state index in [0.717, 1.165) is 18.8 Å². The molecule has 0 spiro atoms. The van der Waals surface area contributed by atoms with E-state index in [4.69, 9.17) is 11.6 Å². The van der Waals surface area contributed by atoms with Gasteiger partial charge in [0, 0.05) is 28.9 Å². The molecular weight excluding hydrogens is 424 g/mol. The first kappa shape index (κ1) is 21.2. The number of anilines is 1. The molecule has 1 saturated carbocycles. The van der Waals surface area contributed by atoms with Gasteiger partial charge in [-0.15, -0.1) is 0 Å². The van der Waals surface area contributed by atoms with Crippen LogP contribution in [0.15, 0.2) is 37.2 Å². The van der Waals surface area contributed by atoms with Crippen LogP contribution in [0.25, 0.3) is 21.8 Å². The number of pyridine rings is 2. The lowest BCUT2D eigenvalue weighted by Gasteiger charge is -2.27. The fraction of sp³-hybridized carbons (Fsp3) is 0.333. The van der Waals surface area contributed by atoms with Gasteiger partial charge >= 0.3 is 0 Å². The molecule has 4 heterocycles. The summed E-state index contributed by atoms with van der Waals surface area (Å²) in [6, 6.07) is 3.02. The first-order chi connectivity index (χ1) is 15.0. The Morgan fingerprint density at radius 2 is 1.39 bits per heavy atom. The van der Waals surface area contributed by atoms with Gasteiger partial charge in [-0.1, -0.05) is 18.5 Å². The second-order valence-electron chi connectivity index (χ2n) is 7.54. The number of aromatic nitrogens is 6. The summed E-state index contributed by atoms with van der Waals surface area (Å²) in [6.07, 6.45) is 10.3. The van der Waals surface area contributed by atoms with Gasteiger partial charge in [0.05, 0.1) is 23.4 Å². The van der Waals surface area contributed by atoms with E-state index in [0.29, 0.717) is 33.7 Å². The Morgan fingerprint density at radius 1 is 0.806 bits per heavy atom. The predicted octanol–water partition coefficient (Wildman–Crippen LogP) is 4.97. The Balaban J connectivity index is 0.000000166. The molecule has 0 aromatic carbocycles. The van der Waals surface area contributed by atoms with Gasteiger partial charge in [0.25, 0.3) is 0 Å². The summed E-state index contributed by atoms with van der Waals surface area (Å²) in [7, 11) is 0. The van der Waals surface area contributed by atoms with E-state index in [1.54, 1.807) is 0 Å². The molecule has 1 fully saturated rings. The minimum absolute atomic E-state index is 0.237. The first-order valence-corrected chi connectivity index (χ1v) is 10.3. The van der Waals surface area contributed by atoms with Crippen LogP contribution in [0.2, 0.25) is 5.15 Å². The summed E-state index contributed by atoms with van der Waals surface area (Å²) < 4.78 is 25.8. The molecule has 0 aliphatic heterocycles. The number of hydrogen-bond acceptors (Lipinski definition) is 7. The van der Waals surface area contributed by atoms with Crippen molar-refractivity contribution in [3.05, 3.63) is 54.2 Å². The van der Waals surface area contributed by atoms with E-state index in [-0.39, 0.29) is 5.15 Å². The Kier molecular flexibility index (Phi) is 6.41. The van der Waals surface area contributed by atoms with Gasteiger partial charge in [-0.05, 0) is 31.6 Å². The van der Waals surface area contributed by atoms with E-state index < -0.39 is 11.9 Å². The molecule has 1 aliphatic carbocycles. The molecule has 0 saturated heterocycles. The molecule has 4 aromatic rings. The average molecular weight is 444 g/mol. The van der Waals surface area contributed by atoms with Gasteiger partial charge in [-0.3, -0.25) is 0 Å². The Labute approximate surface area is 182 Å². The van der Waals surface area contributed by atoms with Crippen LogP contribution in [-0.4, -0.2) is 35.9 Å². The van der Waals surface area contributed by atoms with Crippen LogP contribution in [0, 0.1) is 17.8 Å². The van der Waals surface area contributed by atoms with Crippen LogP contribution in [0.4, 0.5) is 14.6 Å². The zero-order valence-electron chi connectivity index (χ0n) is 16.8. The van der Waals surface area contributed by atoms with Crippen molar-refractivity contribution in [2.24, 2.45) is 5.92 Å². The molecule has 0 radical (unpaired) electrons. The SMILES string of the molecule is CC1CCC(Nc2ncnc3cnc(F)cc23)CC1.Fc1cc2c(Cl)ncnc2cn1. The summed E-state index contributed by atoms with van der Waals surface area (Å²) in [6.45, 7) is 2.29. The van der Waals surface area contributed by atoms with Crippen molar-refractivity contribution in [2.75, 3.05) is 5.32 Å². The smallest absolute Gasteiger partial charge is 0.213 e. The van der Waals surface area contributed by atoms with Crippen molar-refractivity contribution in [2.45, 2.75) is 38.6 Å². The van der Waals surface area contributed by atoms with Gasteiger partial charge in [0.15, 0.2) is 0 Å². The van der Waals surface area contributed by atoms with Crippen molar-refractivity contribution < 1.29 is 8.78 Å². The van der Waals surface area contributed by atoms with Gasteiger partial charge in [-0.2, -0.15) is 8.78 Å². The highest BCUT2D eigenvalue weighted by molar-refractivity contribution is 6.33. The molecule has 4 aromatic heterocycles. The second kappa shape index (κ2) is 9.38. The highest BCUT2D eigenvalue weighted by Crippen LogP contribution is 2.27. The van der Waals surface area contributed by atoms with E-state index in [9.17, 15) is 8.78 Å². The number of fused-ring (bicyclic) bond motifs is 2. The molecule has 7 nitrogen and oxygen atoms in total. The molecule has 1 aliphatic rings.